The van der Waals surface area contributed by atoms with Crippen LogP contribution in [0.15, 0.2) is 11.4 Å². The van der Waals surface area contributed by atoms with Gasteiger partial charge in [-0.25, -0.2) is 0 Å². The molecule has 2 rings (SSSR count). The van der Waals surface area contributed by atoms with Crippen LogP contribution < -0.4 is 0 Å². The van der Waals surface area contributed by atoms with E-state index in [1.54, 1.807) is 18.4 Å². The smallest absolute Gasteiger partial charge is 0.104 e. The van der Waals surface area contributed by atoms with Crippen LogP contribution in [0.3, 0.4) is 0 Å². The van der Waals surface area contributed by atoms with Crippen molar-refractivity contribution < 1.29 is 14.9 Å². The Hall–Kier alpha value is -0.900. The number of hydrogen-bond donors (Lipinski definition) is 2. The van der Waals surface area contributed by atoms with E-state index in [4.69, 9.17) is 9.84 Å². The van der Waals surface area contributed by atoms with E-state index in [2.05, 4.69) is 36.7 Å². The lowest BCUT2D eigenvalue weighted by atomic mass is 9.70. The monoisotopic (exact) mass is 323 g/mol. The van der Waals surface area contributed by atoms with Gasteiger partial charge in [0.1, 0.15) is 6.61 Å². The number of thiophene rings is 1. The molecule has 1 atom stereocenters. The largest absolute Gasteiger partial charge is 0.387 e. The molecule has 1 aliphatic heterocycles. The first-order chi connectivity index (χ1) is 10.4. The van der Waals surface area contributed by atoms with Gasteiger partial charge >= 0.3 is 0 Å². The minimum absolute atomic E-state index is 0.108. The molecule has 0 aliphatic carbocycles. The van der Waals surface area contributed by atoms with Crippen molar-refractivity contribution in [3.63, 3.8) is 0 Å². The fraction of sp³-hybridized carbons (Fsp3) is 0.647. The molecule has 1 aliphatic rings. The molecule has 0 aromatic carbocycles. The molecule has 22 heavy (non-hydrogen) atoms. The summed E-state index contributed by atoms with van der Waals surface area (Å²) in [7, 11) is 1.64. The molecule has 1 fully saturated rings. The first kappa shape index (κ1) is 17.5. The van der Waals surface area contributed by atoms with Gasteiger partial charge in [0.25, 0.3) is 0 Å². The van der Waals surface area contributed by atoms with Gasteiger partial charge in [0.2, 0.25) is 0 Å². The van der Waals surface area contributed by atoms with Crippen molar-refractivity contribution in [3.8, 4) is 11.8 Å². The Kier molecular flexibility index (Phi) is 5.65. The second-order valence-corrected chi connectivity index (χ2v) is 7.57. The average Bonchev–Trinajstić information content (AvgIpc) is 2.89. The normalized spacial score (nSPS) is 24.8. The van der Waals surface area contributed by atoms with Crippen molar-refractivity contribution in [2.24, 2.45) is 5.41 Å². The summed E-state index contributed by atoms with van der Waals surface area (Å²) in [5, 5.41) is 21.5. The van der Waals surface area contributed by atoms with E-state index in [1.807, 2.05) is 5.38 Å². The van der Waals surface area contributed by atoms with Crippen LogP contribution in [0.2, 0.25) is 0 Å². The van der Waals surface area contributed by atoms with E-state index in [0.29, 0.717) is 6.61 Å². The van der Waals surface area contributed by atoms with Crippen LogP contribution in [-0.2, 0) is 11.3 Å². The number of methoxy groups -OCH3 is 1. The standard InChI is InChI=1S/C17H25NO3S/c1-16(2)12-18(7-6-17(16,20)13-21-3)10-15-9-14(11-22-15)5-4-8-19/h9,11,19-20H,6-8,10,12-13H2,1-3H3/t17-/m1/s1. The minimum atomic E-state index is -0.758. The summed E-state index contributed by atoms with van der Waals surface area (Å²) in [4.78, 5) is 3.63. The summed E-state index contributed by atoms with van der Waals surface area (Å²) in [5.74, 6) is 5.60. The van der Waals surface area contributed by atoms with Crippen LogP contribution in [0, 0.1) is 17.3 Å². The van der Waals surface area contributed by atoms with Gasteiger partial charge < -0.3 is 14.9 Å². The molecule has 122 valence electrons. The summed E-state index contributed by atoms with van der Waals surface area (Å²) in [5.41, 5.74) is -0.00929. The van der Waals surface area contributed by atoms with Crippen molar-refractivity contribution in [3.05, 3.63) is 21.9 Å². The van der Waals surface area contributed by atoms with Gasteiger partial charge in [-0.3, -0.25) is 4.90 Å². The Bertz CT molecular complexity index is 558. The molecular weight excluding hydrogens is 298 g/mol. The van der Waals surface area contributed by atoms with E-state index in [0.717, 1.165) is 31.6 Å². The number of likely N-dealkylation sites (tertiary alicyclic amines) is 1. The highest BCUT2D eigenvalue weighted by molar-refractivity contribution is 7.10. The highest BCUT2D eigenvalue weighted by atomic mass is 32.1. The fourth-order valence-corrected chi connectivity index (χ4v) is 3.86. The van der Waals surface area contributed by atoms with Gasteiger partial charge in [0.05, 0.1) is 12.2 Å². The van der Waals surface area contributed by atoms with Crippen LogP contribution in [-0.4, -0.2) is 54.1 Å². The predicted octanol–water partition coefficient (Wildman–Crippen LogP) is 1.70. The van der Waals surface area contributed by atoms with Crippen LogP contribution in [0.25, 0.3) is 0 Å². The summed E-state index contributed by atoms with van der Waals surface area (Å²) in [6.07, 6.45) is 0.719. The van der Waals surface area contributed by atoms with E-state index < -0.39 is 5.60 Å². The summed E-state index contributed by atoms with van der Waals surface area (Å²) < 4.78 is 5.21. The number of rotatable bonds is 4. The molecule has 0 bridgehead atoms. The van der Waals surface area contributed by atoms with Gasteiger partial charge in [-0.2, -0.15) is 0 Å². The molecule has 4 nitrogen and oxygen atoms in total. The van der Waals surface area contributed by atoms with E-state index in [-0.39, 0.29) is 12.0 Å². The quantitative estimate of drug-likeness (QED) is 0.828. The van der Waals surface area contributed by atoms with Crippen LogP contribution in [0.4, 0.5) is 0 Å². The molecule has 5 heteroatoms. The zero-order valence-electron chi connectivity index (χ0n) is 13.6. The van der Waals surface area contributed by atoms with Crippen molar-refractivity contribution in [2.75, 3.05) is 33.4 Å². The topological polar surface area (TPSA) is 52.9 Å². The van der Waals surface area contributed by atoms with Crippen LogP contribution in [0.5, 0.6) is 0 Å². The Morgan fingerprint density at radius 3 is 2.86 bits per heavy atom. The Morgan fingerprint density at radius 2 is 2.23 bits per heavy atom. The highest BCUT2D eigenvalue weighted by Crippen LogP contribution is 2.39. The molecular formula is C17H25NO3S. The predicted molar refractivity (Wildman–Crippen MR) is 88.8 cm³/mol. The Morgan fingerprint density at radius 1 is 1.45 bits per heavy atom. The lowest BCUT2D eigenvalue weighted by Crippen LogP contribution is -2.59. The van der Waals surface area contributed by atoms with Crippen LogP contribution in [0.1, 0.15) is 30.7 Å². The molecule has 0 saturated carbocycles. The number of ether oxygens (including phenoxy) is 1. The molecule has 0 unspecified atom stereocenters. The lowest BCUT2D eigenvalue weighted by Gasteiger charge is -2.50. The van der Waals surface area contributed by atoms with Gasteiger partial charge in [-0.15, -0.1) is 11.3 Å². The molecule has 1 saturated heterocycles. The maximum atomic E-state index is 10.8. The number of aliphatic hydroxyl groups excluding tert-OH is 1. The first-order valence-electron chi connectivity index (χ1n) is 7.51. The second-order valence-electron chi connectivity index (χ2n) is 6.57. The zero-order valence-corrected chi connectivity index (χ0v) is 14.4. The van der Waals surface area contributed by atoms with Crippen LogP contribution >= 0.6 is 11.3 Å². The molecule has 0 radical (unpaired) electrons. The summed E-state index contributed by atoms with van der Waals surface area (Å²) >= 11 is 1.69. The third-order valence-electron chi connectivity index (χ3n) is 4.45. The molecule has 0 amide bonds. The second kappa shape index (κ2) is 7.12. The fourth-order valence-electron chi connectivity index (χ4n) is 3.00. The number of aliphatic hydroxyl groups is 2. The third kappa shape index (κ3) is 3.89. The van der Waals surface area contributed by atoms with E-state index >= 15 is 0 Å². The maximum Gasteiger partial charge on any atom is 0.104 e. The summed E-state index contributed by atoms with van der Waals surface area (Å²) in [6.45, 7) is 7.05. The van der Waals surface area contributed by atoms with Gasteiger partial charge in [0.15, 0.2) is 0 Å². The van der Waals surface area contributed by atoms with Gasteiger partial charge in [-0.05, 0) is 12.5 Å². The van der Waals surface area contributed by atoms with Crippen molar-refractivity contribution in [1.82, 2.24) is 4.90 Å². The average molecular weight is 323 g/mol. The van der Waals surface area contributed by atoms with Crippen molar-refractivity contribution in [1.29, 1.82) is 0 Å². The third-order valence-corrected chi connectivity index (χ3v) is 5.37. The Balaban J connectivity index is 2.00. The number of piperidine rings is 1. The highest BCUT2D eigenvalue weighted by Gasteiger charge is 2.47. The van der Waals surface area contributed by atoms with E-state index in [1.165, 1.54) is 4.88 Å². The SMILES string of the molecule is COC[C@]1(O)CCN(Cc2cc(C#CCO)cs2)CC1(C)C. The van der Waals surface area contributed by atoms with Crippen molar-refractivity contribution >= 4 is 11.3 Å². The zero-order chi connectivity index (χ0) is 16.2. The van der Waals surface area contributed by atoms with Gasteiger partial charge in [0, 0.05) is 48.0 Å². The summed E-state index contributed by atoms with van der Waals surface area (Å²) in [6, 6.07) is 2.08. The Labute approximate surface area is 136 Å². The molecule has 1 aromatic rings. The number of nitrogens with zero attached hydrogens (tertiary/aromatic N) is 1. The molecule has 0 spiro atoms. The molecule has 2 heterocycles. The maximum absolute atomic E-state index is 10.8. The minimum Gasteiger partial charge on any atom is -0.387 e. The lowest BCUT2D eigenvalue weighted by molar-refractivity contribution is -0.151. The molecule has 2 N–H and O–H groups in total. The van der Waals surface area contributed by atoms with E-state index in [9.17, 15) is 5.11 Å². The molecule has 1 aromatic heterocycles. The van der Waals surface area contributed by atoms with Gasteiger partial charge in [-0.1, -0.05) is 25.7 Å². The van der Waals surface area contributed by atoms with Crippen molar-refractivity contribution in [2.45, 2.75) is 32.4 Å². The number of hydrogen-bond acceptors (Lipinski definition) is 5. The first-order valence-corrected chi connectivity index (χ1v) is 8.39.